The summed E-state index contributed by atoms with van der Waals surface area (Å²) in [6.07, 6.45) is -0.128. The molecular weight excluding hydrogens is 418 g/mol. The Morgan fingerprint density at radius 1 is 0.879 bits per heavy atom. The molecule has 0 bridgehead atoms. The molecule has 1 heterocycles. The maximum atomic E-state index is 12.1. The molecule has 0 fully saturated rings. The summed E-state index contributed by atoms with van der Waals surface area (Å²) in [5, 5.41) is 0. The van der Waals surface area contributed by atoms with Crippen LogP contribution < -0.4 is 14.4 Å². The molecule has 1 unspecified atom stereocenters. The molecule has 0 aliphatic carbocycles. The van der Waals surface area contributed by atoms with Gasteiger partial charge < -0.3 is 23.8 Å². The van der Waals surface area contributed by atoms with E-state index < -0.39 is 6.10 Å². The van der Waals surface area contributed by atoms with Crippen molar-refractivity contribution in [3.8, 4) is 17.2 Å². The van der Waals surface area contributed by atoms with Crippen molar-refractivity contribution < 1.29 is 23.7 Å². The van der Waals surface area contributed by atoms with Gasteiger partial charge in [0.25, 0.3) is 0 Å². The van der Waals surface area contributed by atoms with Gasteiger partial charge >= 0.3 is 5.97 Å². The summed E-state index contributed by atoms with van der Waals surface area (Å²) in [5.74, 6) is 2.13. The summed E-state index contributed by atoms with van der Waals surface area (Å²) in [6, 6.07) is 23.8. The lowest BCUT2D eigenvalue weighted by Crippen LogP contribution is -2.29. The zero-order valence-corrected chi connectivity index (χ0v) is 19.0. The average Bonchev–Trinajstić information content (AvgIpc) is 2.84. The Balaban J connectivity index is 1.37. The fraction of sp³-hybridized carbons (Fsp3) is 0.296. The predicted molar refractivity (Wildman–Crippen MR) is 128 cm³/mol. The van der Waals surface area contributed by atoms with Crippen LogP contribution in [0.4, 0.5) is 11.4 Å². The van der Waals surface area contributed by atoms with E-state index in [2.05, 4.69) is 17.0 Å². The highest BCUT2D eigenvalue weighted by Crippen LogP contribution is 2.45. The molecule has 1 aliphatic heterocycles. The molecule has 0 saturated heterocycles. The second-order valence-electron chi connectivity index (χ2n) is 7.58. The topological polar surface area (TPSA) is 57.2 Å². The lowest BCUT2D eigenvalue weighted by Gasteiger charge is -2.32. The number of para-hydroxylation sites is 4. The molecule has 0 radical (unpaired) electrons. The molecule has 0 aromatic heterocycles. The Bertz CT molecular complexity index is 1020. The highest BCUT2D eigenvalue weighted by molar-refractivity contribution is 5.77. The number of benzene rings is 3. The Hall–Kier alpha value is -3.51. The zero-order chi connectivity index (χ0) is 23.0. The average molecular weight is 448 g/mol. The summed E-state index contributed by atoms with van der Waals surface area (Å²) < 4.78 is 22.7. The molecule has 0 saturated carbocycles. The van der Waals surface area contributed by atoms with E-state index in [9.17, 15) is 4.79 Å². The highest BCUT2D eigenvalue weighted by atomic mass is 16.6. The summed E-state index contributed by atoms with van der Waals surface area (Å²) in [4.78, 5) is 14.3. The number of esters is 1. The zero-order valence-electron chi connectivity index (χ0n) is 19.0. The molecule has 6 nitrogen and oxygen atoms in total. The van der Waals surface area contributed by atoms with Crippen LogP contribution in [0.25, 0.3) is 0 Å². The molecule has 3 aromatic rings. The Morgan fingerprint density at radius 3 is 2.12 bits per heavy atom. The summed E-state index contributed by atoms with van der Waals surface area (Å²) in [6.45, 7) is 5.64. The molecule has 1 aliphatic rings. The normalized spacial score (nSPS) is 12.8. The predicted octanol–water partition coefficient (Wildman–Crippen LogP) is 5.52. The molecule has 3 aromatic carbocycles. The number of carbonyl (C=O) groups excluding carboxylic acids is 1. The van der Waals surface area contributed by atoms with Gasteiger partial charge in [-0.15, -0.1) is 0 Å². The van der Waals surface area contributed by atoms with Crippen LogP contribution in [-0.2, 0) is 20.7 Å². The number of anilines is 2. The van der Waals surface area contributed by atoms with Gasteiger partial charge in [0.2, 0.25) is 0 Å². The van der Waals surface area contributed by atoms with Crippen LogP contribution >= 0.6 is 0 Å². The van der Waals surface area contributed by atoms with Crippen molar-refractivity contribution >= 4 is 17.3 Å². The minimum absolute atomic E-state index is 0.328. The van der Waals surface area contributed by atoms with Crippen LogP contribution in [0, 0.1) is 0 Å². The smallest absolute Gasteiger partial charge is 0.335 e. The second kappa shape index (κ2) is 10.9. The number of carbonyl (C=O) groups is 1. The summed E-state index contributed by atoms with van der Waals surface area (Å²) >= 11 is 0. The van der Waals surface area contributed by atoms with E-state index in [1.54, 1.807) is 6.92 Å². The fourth-order valence-corrected chi connectivity index (χ4v) is 3.86. The molecular formula is C27H29NO5. The minimum Gasteiger partial charge on any atom is -0.492 e. The SMILES string of the molecule is CCOC(=O)C(Cc1ccc(OCCN2c3ccccc3Oc3ccccc32)cc1)OCC. The number of rotatable bonds is 10. The molecule has 0 spiro atoms. The van der Waals surface area contributed by atoms with Crippen LogP contribution in [0.15, 0.2) is 72.8 Å². The Kier molecular flexibility index (Phi) is 7.47. The van der Waals surface area contributed by atoms with Crippen LogP contribution in [0.1, 0.15) is 19.4 Å². The number of ether oxygens (including phenoxy) is 4. The van der Waals surface area contributed by atoms with Gasteiger partial charge in [-0.25, -0.2) is 4.79 Å². The van der Waals surface area contributed by atoms with Gasteiger partial charge in [-0.05, 0) is 55.8 Å². The van der Waals surface area contributed by atoms with Crippen LogP contribution in [0.5, 0.6) is 17.2 Å². The lowest BCUT2D eigenvalue weighted by atomic mass is 10.1. The number of hydrogen-bond acceptors (Lipinski definition) is 6. The largest absolute Gasteiger partial charge is 0.492 e. The minimum atomic E-state index is -0.594. The second-order valence-corrected chi connectivity index (χ2v) is 7.58. The van der Waals surface area contributed by atoms with Crippen molar-refractivity contribution in [3.63, 3.8) is 0 Å². The monoisotopic (exact) mass is 447 g/mol. The third kappa shape index (κ3) is 5.46. The van der Waals surface area contributed by atoms with Crippen molar-refractivity contribution in [1.29, 1.82) is 0 Å². The van der Waals surface area contributed by atoms with Gasteiger partial charge in [-0.1, -0.05) is 36.4 Å². The number of nitrogens with zero attached hydrogens (tertiary/aromatic N) is 1. The first-order chi connectivity index (χ1) is 16.2. The molecule has 0 N–H and O–H groups in total. The van der Waals surface area contributed by atoms with Gasteiger partial charge in [-0.3, -0.25) is 0 Å². The van der Waals surface area contributed by atoms with Crippen molar-refractivity contribution in [1.82, 2.24) is 0 Å². The third-order valence-electron chi connectivity index (χ3n) is 5.38. The van der Waals surface area contributed by atoms with Crippen molar-refractivity contribution in [3.05, 3.63) is 78.4 Å². The first kappa shape index (κ1) is 22.7. The molecule has 1 atom stereocenters. The summed E-state index contributed by atoms with van der Waals surface area (Å²) in [5.41, 5.74) is 3.04. The van der Waals surface area contributed by atoms with E-state index in [4.69, 9.17) is 18.9 Å². The van der Waals surface area contributed by atoms with E-state index in [1.165, 1.54) is 0 Å². The van der Waals surface area contributed by atoms with E-state index >= 15 is 0 Å². The Labute approximate surface area is 194 Å². The highest BCUT2D eigenvalue weighted by Gasteiger charge is 2.23. The molecule has 172 valence electrons. The van der Waals surface area contributed by atoms with E-state index in [1.807, 2.05) is 67.6 Å². The van der Waals surface area contributed by atoms with Crippen molar-refractivity contribution in [2.45, 2.75) is 26.4 Å². The molecule has 0 amide bonds. The van der Waals surface area contributed by atoms with Gasteiger partial charge in [0, 0.05) is 13.0 Å². The Morgan fingerprint density at radius 2 is 1.52 bits per heavy atom. The van der Waals surface area contributed by atoms with E-state index in [-0.39, 0.29) is 5.97 Å². The van der Waals surface area contributed by atoms with E-state index in [0.29, 0.717) is 32.8 Å². The molecule has 33 heavy (non-hydrogen) atoms. The van der Waals surface area contributed by atoms with Gasteiger partial charge in [-0.2, -0.15) is 0 Å². The quantitative estimate of drug-likeness (QED) is 0.382. The van der Waals surface area contributed by atoms with Crippen molar-refractivity contribution in [2.75, 3.05) is 31.3 Å². The van der Waals surface area contributed by atoms with E-state index in [0.717, 1.165) is 34.2 Å². The standard InChI is InChI=1S/C27H29NO5/c1-3-30-26(27(29)31-4-2)19-20-13-15-21(16-14-20)32-18-17-28-22-9-5-7-11-24(22)33-25-12-8-6-10-23(25)28/h5-16,26H,3-4,17-19H2,1-2H3. The lowest BCUT2D eigenvalue weighted by molar-refractivity contribution is -0.156. The fourth-order valence-electron chi connectivity index (χ4n) is 3.86. The van der Waals surface area contributed by atoms with Gasteiger partial charge in [0.15, 0.2) is 17.6 Å². The third-order valence-corrected chi connectivity index (χ3v) is 5.38. The van der Waals surface area contributed by atoms with Crippen LogP contribution in [0.3, 0.4) is 0 Å². The van der Waals surface area contributed by atoms with Gasteiger partial charge in [0.1, 0.15) is 12.4 Å². The number of hydrogen-bond donors (Lipinski definition) is 0. The van der Waals surface area contributed by atoms with Crippen LogP contribution in [-0.4, -0.2) is 38.4 Å². The first-order valence-electron chi connectivity index (χ1n) is 11.3. The summed E-state index contributed by atoms with van der Waals surface area (Å²) in [7, 11) is 0. The number of fused-ring (bicyclic) bond motifs is 2. The maximum Gasteiger partial charge on any atom is 0.335 e. The van der Waals surface area contributed by atoms with Crippen molar-refractivity contribution in [2.24, 2.45) is 0 Å². The molecule has 4 rings (SSSR count). The maximum absolute atomic E-state index is 12.1. The molecule has 6 heteroatoms. The van der Waals surface area contributed by atoms with Crippen LogP contribution in [0.2, 0.25) is 0 Å². The first-order valence-corrected chi connectivity index (χ1v) is 11.3. The van der Waals surface area contributed by atoms with Gasteiger partial charge in [0.05, 0.1) is 24.5 Å².